The molecule has 0 N–H and O–H groups in total. The maximum atomic E-state index is 13.8. The Morgan fingerprint density at radius 2 is 1.53 bits per heavy atom. The highest BCUT2D eigenvalue weighted by molar-refractivity contribution is 6.30. The Balaban J connectivity index is 1.72. The number of benzene rings is 2. The van der Waals surface area contributed by atoms with Crippen LogP contribution in [0.25, 0.3) is 5.69 Å². The van der Waals surface area contributed by atoms with Crippen molar-refractivity contribution in [2.24, 2.45) is 10.8 Å². The number of anilines is 1. The number of hydrogen-bond acceptors (Lipinski definition) is 4. The van der Waals surface area contributed by atoms with E-state index < -0.39 is 5.41 Å². The van der Waals surface area contributed by atoms with Crippen molar-refractivity contribution in [3.8, 4) is 5.69 Å². The van der Waals surface area contributed by atoms with E-state index in [0.717, 1.165) is 28.3 Å². The number of Topliss-reactive ketones (excluding diaryl/α,β-unsaturated/α-hetero) is 2. The summed E-state index contributed by atoms with van der Waals surface area (Å²) < 4.78 is 2.00. The van der Waals surface area contributed by atoms with Gasteiger partial charge in [0.2, 0.25) is 0 Å². The predicted octanol–water partition coefficient (Wildman–Crippen LogP) is 6.33. The second-order valence-corrected chi connectivity index (χ2v) is 12.7. The first kappa shape index (κ1) is 24.8. The average molecular weight is 504 g/mol. The fourth-order valence-corrected chi connectivity index (χ4v) is 5.91. The molecule has 0 radical (unpaired) electrons. The van der Waals surface area contributed by atoms with Crippen LogP contribution >= 0.6 is 11.6 Å². The molecule has 1 aliphatic heterocycles. The van der Waals surface area contributed by atoms with Gasteiger partial charge in [-0.3, -0.25) is 9.59 Å². The quantitative estimate of drug-likeness (QED) is 0.392. The molecule has 0 bridgehead atoms. The normalized spacial score (nSPS) is 19.0. The van der Waals surface area contributed by atoms with E-state index in [1.54, 1.807) is 0 Å². The van der Waals surface area contributed by atoms with E-state index in [4.69, 9.17) is 16.7 Å². The highest BCUT2D eigenvalue weighted by atomic mass is 35.5. The van der Waals surface area contributed by atoms with Gasteiger partial charge in [-0.05, 0) is 41.7 Å². The van der Waals surface area contributed by atoms with Crippen molar-refractivity contribution in [3.05, 3.63) is 76.4 Å². The molecule has 1 aliphatic carbocycles. The van der Waals surface area contributed by atoms with Crippen LogP contribution in [0.5, 0.6) is 0 Å². The number of fused-ring (bicyclic) bond motifs is 1. The number of aromatic nitrogens is 2. The largest absolute Gasteiger partial charge is 0.350 e. The van der Waals surface area contributed by atoms with Gasteiger partial charge >= 0.3 is 0 Å². The third-order valence-electron chi connectivity index (χ3n) is 7.54. The molecule has 2 aliphatic rings. The van der Waals surface area contributed by atoms with E-state index >= 15 is 0 Å². The van der Waals surface area contributed by atoms with E-state index in [1.807, 2.05) is 73.1 Å². The molecule has 5 rings (SSSR count). The molecular formula is C30H34ClN3O2. The number of halogens is 1. The predicted molar refractivity (Wildman–Crippen MR) is 144 cm³/mol. The molecule has 0 unspecified atom stereocenters. The van der Waals surface area contributed by atoms with Crippen molar-refractivity contribution in [1.82, 2.24) is 9.78 Å². The first-order chi connectivity index (χ1) is 16.9. The van der Waals surface area contributed by atoms with Crippen LogP contribution in [0.2, 0.25) is 5.02 Å². The zero-order chi connectivity index (χ0) is 25.9. The molecule has 188 valence electrons. The summed E-state index contributed by atoms with van der Waals surface area (Å²) in [5.74, 6) is 1.09. The number of carbonyl (C=O) groups is 2. The van der Waals surface area contributed by atoms with Crippen molar-refractivity contribution < 1.29 is 9.59 Å². The second kappa shape index (κ2) is 8.58. The van der Waals surface area contributed by atoms with Crippen molar-refractivity contribution in [3.63, 3.8) is 0 Å². The minimum Gasteiger partial charge on any atom is -0.350 e. The van der Waals surface area contributed by atoms with Crippen LogP contribution in [-0.4, -0.2) is 27.9 Å². The van der Waals surface area contributed by atoms with Crippen LogP contribution in [0.15, 0.2) is 54.6 Å². The standard InChI is InChI=1S/C30H34ClN3O2/c1-28(2,3)26-23-15-30(24(35)16-29(4,5)17-25(30)36)19-33(18-20-11-13-21(31)14-12-20)27(23)34(32-26)22-9-7-6-8-10-22/h6-14H,15-19H2,1-5H3. The molecule has 3 aromatic rings. The molecule has 1 saturated carbocycles. The van der Waals surface area contributed by atoms with Crippen molar-refractivity contribution in [1.29, 1.82) is 0 Å². The maximum absolute atomic E-state index is 13.8. The van der Waals surface area contributed by atoms with Gasteiger partial charge in [-0.25, -0.2) is 4.68 Å². The number of hydrogen-bond donors (Lipinski definition) is 0. The van der Waals surface area contributed by atoms with E-state index in [9.17, 15) is 9.59 Å². The summed E-state index contributed by atoms with van der Waals surface area (Å²) in [5, 5.41) is 5.81. The Morgan fingerprint density at radius 1 is 0.917 bits per heavy atom. The Hall–Kier alpha value is -2.92. The third kappa shape index (κ3) is 4.28. The fourth-order valence-electron chi connectivity index (χ4n) is 5.78. The Bertz CT molecular complexity index is 1300. The lowest BCUT2D eigenvalue weighted by molar-refractivity contribution is -0.148. The number of nitrogens with zero attached hydrogens (tertiary/aromatic N) is 3. The average Bonchev–Trinajstić information content (AvgIpc) is 3.20. The molecule has 2 heterocycles. The zero-order valence-electron chi connectivity index (χ0n) is 21.8. The third-order valence-corrected chi connectivity index (χ3v) is 7.79. The number of para-hydroxylation sites is 1. The first-order valence-corrected chi connectivity index (χ1v) is 13.0. The lowest BCUT2D eigenvalue weighted by Crippen LogP contribution is -2.57. The van der Waals surface area contributed by atoms with E-state index in [0.29, 0.717) is 37.4 Å². The van der Waals surface area contributed by atoms with Crippen LogP contribution in [0.1, 0.15) is 64.3 Å². The molecular weight excluding hydrogens is 470 g/mol. The highest BCUT2D eigenvalue weighted by Gasteiger charge is 2.56. The summed E-state index contributed by atoms with van der Waals surface area (Å²) in [4.78, 5) is 29.8. The van der Waals surface area contributed by atoms with Crippen LogP contribution in [-0.2, 0) is 28.0 Å². The highest BCUT2D eigenvalue weighted by Crippen LogP contribution is 2.49. The van der Waals surface area contributed by atoms with Gasteiger partial charge in [0.1, 0.15) is 22.8 Å². The van der Waals surface area contributed by atoms with Gasteiger partial charge in [-0.15, -0.1) is 0 Å². The summed E-state index contributed by atoms with van der Waals surface area (Å²) >= 11 is 6.16. The van der Waals surface area contributed by atoms with Crippen molar-refractivity contribution in [2.45, 2.75) is 65.8 Å². The Morgan fingerprint density at radius 3 is 2.11 bits per heavy atom. The Labute approximate surface area is 218 Å². The maximum Gasteiger partial charge on any atom is 0.149 e. The fraction of sp³-hybridized carbons (Fsp3) is 0.433. The summed E-state index contributed by atoms with van der Waals surface area (Å²) in [7, 11) is 0. The van der Waals surface area contributed by atoms with Crippen molar-refractivity contribution >= 4 is 29.0 Å². The molecule has 5 nitrogen and oxygen atoms in total. The van der Waals surface area contributed by atoms with Gasteiger partial charge in [-0.1, -0.05) is 76.6 Å². The van der Waals surface area contributed by atoms with Gasteiger partial charge < -0.3 is 4.90 Å². The van der Waals surface area contributed by atoms with Crippen LogP contribution < -0.4 is 4.90 Å². The Kier molecular flexibility index (Phi) is 5.90. The second-order valence-electron chi connectivity index (χ2n) is 12.3. The summed E-state index contributed by atoms with van der Waals surface area (Å²) in [6.45, 7) is 11.4. The lowest BCUT2D eigenvalue weighted by Gasteiger charge is -2.47. The molecule has 2 aromatic carbocycles. The minimum absolute atomic E-state index is 0.0582. The minimum atomic E-state index is -1.04. The lowest BCUT2D eigenvalue weighted by atomic mass is 9.60. The molecule has 0 saturated heterocycles. The summed E-state index contributed by atoms with van der Waals surface area (Å²) in [5.41, 5.74) is 2.37. The molecule has 0 atom stereocenters. The van der Waals surface area contributed by atoms with Gasteiger partial charge in [0, 0.05) is 41.9 Å². The van der Waals surface area contributed by atoms with E-state index in [1.165, 1.54) is 0 Å². The van der Waals surface area contributed by atoms with Gasteiger partial charge in [0.05, 0.1) is 11.4 Å². The number of ketones is 2. The molecule has 0 amide bonds. The number of carbonyl (C=O) groups excluding carboxylic acids is 2. The van der Waals surface area contributed by atoms with E-state index in [2.05, 4.69) is 25.7 Å². The van der Waals surface area contributed by atoms with Gasteiger partial charge in [0.25, 0.3) is 0 Å². The first-order valence-electron chi connectivity index (χ1n) is 12.6. The molecule has 36 heavy (non-hydrogen) atoms. The van der Waals surface area contributed by atoms with Gasteiger partial charge in [-0.2, -0.15) is 5.10 Å². The van der Waals surface area contributed by atoms with E-state index in [-0.39, 0.29) is 22.4 Å². The molecule has 1 aromatic heterocycles. The van der Waals surface area contributed by atoms with Crippen molar-refractivity contribution in [2.75, 3.05) is 11.4 Å². The molecule has 1 spiro atoms. The van der Waals surface area contributed by atoms with Crippen LogP contribution in [0.4, 0.5) is 5.82 Å². The van der Waals surface area contributed by atoms with Crippen LogP contribution in [0.3, 0.4) is 0 Å². The molecule has 6 heteroatoms. The van der Waals surface area contributed by atoms with Crippen LogP contribution in [0, 0.1) is 10.8 Å². The number of rotatable bonds is 3. The molecule has 1 fully saturated rings. The zero-order valence-corrected chi connectivity index (χ0v) is 22.5. The summed E-state index contributed by atoms with van der Waals surface area (Å²) in [6, 6.07) is 17.9. The topological polar surface area (TPSA) is 55.2 Å². The SMILES string of the molecule is CC1(C)CC(=O)C2(Cc3c(C(C)(C)C)nn(-c4ccccc4)c3N(Cc3ccc(Cl)cc3)C2)C(=O)C1. The monoisotopic (exact) mass is 503 g/mol. The van der Waals surface area contributed by atoms with Gasteiger partial charge in [0.15, 0.2) is 0 Å². The smallest absolute Gasteiger partial charge is 0.149 e. The summed E-state index contributed by atoms with van der Waals surface area (Å²) in [6.07, 6.45) is 1.24.